The average molecular weight is 329 g/mol. The van der Waals surface area contributed by atoms with Crippen molar-refractivity contribution >= 4 is 28.6 Å². The first-order chi connectivity index (χ1) is 12.0. The molecule has 25 heavy (non-hydrogen) atoms. The molecule has 0 spiro atoms. The molecule has 4 nitrogen and oxygen atoms in total. The number of nitrogens with one attached hydrogen (secondary N) is 1. The summed E-state index contributed by atoms with van der Waals surface area (Å²) in [5, 5.41) is 13.3. The molecular weight excluding hydrogens is 310 g/mol. The van der Waals surface area contributed by atoms with Gasteiger partial charge in [0.05, 0.1) is 0 Å². The van der Waals surface area contributed by atoms with Gasteiger partial charge in [-0.3, -0.25) is 4.79 Å². The number of anilines is 1. The van der Waals surface area contributed by atoms with Gasteiger partial charge in [0.25, 0.3) is 5.91 Å². The Labute approximate surface area is 147 Å². The highest BCUT2D eigenvalue weighted by Gasteiger charge is 2.12. The van der Waals surface area contributed by atoms with Crippen LogP contribution >= 0.6 is 0 Å². The zero-order valence-corrected chi connectivity index (χ0v) is 14.5. The second-order valence-corrected chi connectivity index (χ2v) is 6.21. The second-order valence-electron chi connectivity index (χ2n) is 6.21. The van der Waals surface area contributed by atoms with E-state index in [9.17, 15) is 10.1 Å². The summed E-state index contributed by atoms with van der Waals surface area (Å²) in [6, 6.07) is 15.7. The third kappa shape index (κ3) is 3.46. The van der Waals surface area contributed by atoms with Crippen molar-refractivity contribution in [1.29, 1.82) is 5.26 Å². The predicted octanol–water partition coefficient (Wildman–Crippen LogP) is 4.34. The molecule has 0 fully saturated rings. The summed E-state index contributed by atoms with van der Waals surface area (Å²) < 4.78 is 1.98. The van der Waals surface area contributed by atoms with E-state index in [4.69, 9.17) is 0 Å². The van der Waals surface area contributed by atoms with Crippen molar-refractivity contribution < 1.29 is 4.79 Å². The van der Waals surface area contributed by atoms with Crippen LogP contribution in [0, 0.1) is 25.2 Å². The Morgan fingerprint density at radius 3 is 2.52 bits per heavy atom. The highest BCUT2D eigenvalue weighted by molar-refractivity contribution is 6.10. The first-order valence-corrected chi connectivity index (χ1v) is 8.03. The van der Waals surface area contributed by atoms with E-state index in [1.807, 2.05) is 80.2 Å². The fraction of sp³-hybridized carbons (Fsp3) is 0.143. The molecule has 0 unspecified atom stereocenters. The second kappa shape index (κ2) is 6.66. The van der Waals surface area contributed by atoms with Gasteiger partial charge in [-0.1, -0.05) is 24.3 Å². The number of amides is 1. The van der Waals surface area contributed by atoms with Crippen molar-refractivity contribution in [2.24, 2.45) is 7.05 Å². The minimum absolute atomic E-state index is 0.0792. The monoisotopic (exact) mass is 329 g/mol. The topological polar surface area (TPSA) is 57.8 Å². The fourth-order valence-corrected chi connectivity index (χ4v) is 3.04. The lowest BCUT2D eigenvalue weighted by Crippen LogP contribution is -2.13. The Morgan fingerprint density at radius 1 is 1.16 bits per heavy atom. The number of hydrogen-bond donors (Lipinski definition) is 1. The van der Waals surface area contributed by atoms with Gasteiger partial charge in [-0.05, 0) is 49.2 Å². The lowest BCUT2D eigenvalue weighted by atomic mass is 10.1. The van der Waals surface area contributed by atoms with Crippen molar-refractivity contribution in [3.8, 4) is 6.07 Å². The number of nitrogens with zero attached hydrogens (tertiary/aromatic N) is 2. The van der Waals surface area contributed by atoms with Gasteiger partial charge >= 0.3 is 0 Å². The van der Waals surface area contributed by atoms with Crippen molar-refractivity contribution in [3.05, 3.63) is 70.9 Å². The van der Waals surface area contributed by atoms with Crippen LogP contribution < -0.4 is 5.32 Å². The highest BCUT2D eigenvalue weighted by Crippen LogP contribution is 2.23. The van der Waals surface area contributed by atoms with Crippen LogP contribution in [-0.2, 0) is 11.8 Å². The number of rotatable bonds is 3. The summed E-state index contributed by atoms with van der Waals surface area (Å²) in [5.41, 5.74) is 4.81. The summed E-state index contributed by atoms with van der Waals surface area (Å²) in [6.45, 7) is 3.94. The summed E-state index contributed by atoms with van der Waals surface area (Å²) in [7, 11) is 1.95. The smallest absolute Gasteiger partial charge is 0.266 e. The molecule has 0 radical (unpaired) electrons. The predicted molar refractivity (Wildman–Crippen MR) is 101 cm³/mol. The zero-order valence-electron chi connectivity index (χ0n) is 14.5. The molecule has 0 aliphatic heterocycles. The van der Waals surface area contributed by atoms with Crippen LogP contribution in [0.4, 0.5) is 5.69 Å². The molecule has 0 atom stereocenters. The van der Waals surface area contributed by atoms with E-state index in [0.29, 0.717) is 5.69 Å². The van der Waals surface area contributed by atoms with E-state index in [-0.39, 0.29) is 5.57 Å². The lowest BCUT2D eigenvalue weighted by molar-refractivity contribution is -0.112. The molecule has 2 aromatic carbocycles. The molecule has 4 heteroatoms. The number of fused-ring (bicyclic) bond motifs is 1. The third-order valence-corrected chi connectivity index (χ3v) is 4.07. The SMILES string of the molecule is Cc1cc(C)cc(NC(=O)/C(C#N)=C/c2cn(C)c3ccccc23)c1. The highest BCUT2D eigenvalue weighted by atomic mass is 16.1. The fourth-order valence-electron chi connectivity index (χ4n) is 3.04. The minimum Gasteiger partial charge on any atom is -0.350 e. The lowest BCUT2D eigenvalue weighted by Gasteiger charge is -2.07. The first-order valence-electron chi connectivity index (χ1n) is 8.03. The number of aryl methyl sites for hydroxylation is 3. The molecule has 1 aromatic heterocycles. The normalized spacial score (nSPS) is 11.4. The minimum atomic E-state index is -0.402. The van der Waals surface area contributed by atoms with Crippen LogP contribution in [0.3, 0.4) is 0 Å². The third-order valence-electron chi connectivity index (χ3n) is 4.07. The van der Waals surface area contributed by atoms with Crippen LogP contribution in [0.15, 0.2) is 54.2 Å². The Kier molecular flexibility index (Phi) is 4.40. The van der Waals surface area contributed by atoms with Gasteiger partial charge in [-0.25, -0.2) is 0 Å². The molecule has 0 saturated carbocycles. The Balaban J connectivity index is 1.94. The number of nitriles is 1. The molecular formula is C21H19N3O. The summed E-state index contributed by atoms with van der Waals surface area (Å²) in [6.07, 6.45) is 3.56. The number of aromatic nitrogens is 1. The molecule has 3 aromatic rings. The van der Waals surface area contributed by atoms with E-state index in [1.54, 1.807) is 6.08 Å². The van der Waals surface area contributed by atoms with Crippen LogP contribution in [0.2, 0.25) is 0 Å². The van der Waals surface area contributed by atoms with E-state index in [0.717, 1.165) is 27.6 Å². The van der Waals surface area contributed by atoms with Gasteiger partial charge in [0, 0.05) is 35.4 Å². The van der Waals surface area contributed by atoms with Gasteiger partial charge in [0.2, 0.25) is 0 Å². The molecule has 124 valence electrons. The van der Waals surface area contributed by atoms with Gasteiger partial charge in [-0.15, -0.1) is 0 Å². The maximum atomic E-state index is 12.5. The van der Waals surface area contributed by atoms with Crippen LogP contribution in [-0.4, -0.2) is 10.5 Å². The van der Waals surface area contributed by atoms with Gasteiger partial charge < -0.3 is 9.88 Å². The van der Waals surface area contributed by atoms with Crippen molar-refractivity contribution in [1.82, 2.24) is 4.57 Å². The molecule has 0 saturated heterocycles. The van der Waals surface area contributed by atoms with Crippen LogP contribution in [0.5, 0.6) is 0 Å². The van der Waals surface area contributed by atoms with E-state index in [2.05, 4.69) is 5.32 Å². The molecule has 1 heterocycles. The maximum absolute atomic E-state index is 12.5. The number of hydrogen-bond acceptors (Lipinski definition) is 2. The molecule has 0 aliphatic carbocycles. The van der Waals surface area contributed by atoms with Crippen molar-refractivity contribution in [2.75, 3.05) is 5.32 Å². The summed E-state index contributed by atoms with van der Waals surface area (Å²) >= 11 is 0. The standard InChI is InChI=1S/C21H19N3O/c1-14-8-15(2)10-18(9-14)23-21(25)16(12-22)11-17-13-24(3)20-7-5-4-6-19(17)20/h4-11,13H,1-3H3,(H,23,25)/b16-11+. The number of carbonyl (C=O) groups excluding carboxylic acids is 1. The van der Waals surface area contributed by atoms with Crippen LogP contribution in [0.25, 0.3) is 17.0 Å². The molecule has 0 bridgehead atoms. The van der Waals surface area contributed by atoms with Crippen molar-refractivity contribution in [2.45, 2.75) is 13.8 Å². The number of carbonyl (C=O) groups is 1. The van der Waals surface area contributed by atoms with Gasteiger partial charge in [0.15, 0.2) is 0 Å². The van der Waals surface area contributed by atoms with E-state index < -0.39 is 5.91 Å². The van der Waals surface area contributed by atoms with Gasteiger partial charge in [-0.2, -0.15) is 5.26 Å². The van der Waals surface area contributed by atoms with Gasteiger partial charge in [0.1, 0.15) is 11.6 Å². The summed E-state index contributed by atoms with van der Waals surface area (Å²) in [5.74, 6) is -0.402. The van der Waals surface area contributed by atoms with E-state index >= 15 is 0 Å². The summed E-state index contributed by atoms with van der Waals surface area (Å²) in [4.78, 5) is 12.5. The number of benzene rings is 2. The Hall–Kier alpha value is -3.32. The molecule has 3 rings (SSSR count). The molecule has 1 amide bonds. The maximum Gasteiger partial charge on any atom is 0.266 e. The first kappa shape index (κ1) is 16.5. The zero-order chi connectivity index (χ0) is 18.0. The molecule has 1 N–H and O–H groups in total. The Morgan fingerprint density at radius 2 is 1.84 bits per heavy atom. The largest absolute Gasteiger partial charge is 0.350 e. The average Bonchev–Trinajstić information content (AvgIpc) is 2.88. The number of para-hydroxylation sites is 1. The quantitative estimate of drug-likeness (QED) is 0.574. The molecule has 0 aliphatic rings. The van der Waals surface area contributed by atoms with Crippen molar-refractivity contribution in [3.63, 3.8) is 0 Å². The van der Waals surface area contributed by atoms with Crippen LogP contribution in [0.1, 0.15) is 16.7 Å². The Bertz CT molecular complexity index is 1010. The van der Waals surface area contributed by atoms with E-state index in [1.165, 1.54) is 0 Å².